The third-order valence-electron chi connectivity index (χ3n) is 4.56. The van der Waals surface area contributed by atoms with Crippen molar-refractivity contribution < 1.29 is 24.3 Å². The van der Waals surface area contributed by atoms with Crippen LogP contribution >= 0.6 is 27.7 Å². The molecule has 2 aromatic rings. The number of benzene rings is 2. The molecule has 2 aliphatic heterocycles. The summed E-state index contributed by atoms with van der Waals surface area (Å²) in [6, 6.07) is 10.8. The molecule has 0 aliphatic carbocycles. The summed E-state index contributed by atoms with van der Waals surface area (Å²) in [5, 5.41) is 11.1. The fourth-order valence-electron chi connectivity index (χ4n) is 3.21. The van der Waals surface area contributed by atoms with Crippen LogP contribution in [-0.4, -0.2) is 40.5 Å². The van der Waals surface area contributed by atoms with Gasteiger partial charge in [-0.05, 0) is 54.2 Å². The lowest BCUT2D eigenvalue weighted by Gasteiger charge is -2.17. The molecule has 0 radical (unpaired) electrons. The van der Waals surface area contributed by atoms with Gasteiger partial charge < -0.3 is 16.2 Å². The highest BCUT2D eigenvalue weighted by atomic mass is 79.9. The van der Waals surface area contributed by atoms with Crippen LogP contribution < -0.4 is 16.0 Å². The lowest BCUT2D eigenvalue weighted by Crippen LogP contribution is -2.35. The SMILES string of the molecule is NC1=NC(=O)S/C1=C1/C(=O)N(CC(=O)Nc2ccc(C(=O)O)cc2)c2ccc(Br)cc21. The summed E-state index contributed by atoms with van der Waals surface area (Å²) in [6.45, 7) is -0.291. The quantitative estimate of drug-likeness (QED) is 0.547. The van der Waals surface area contributed by atoms with Crippen LogP contribution in [-0.2, 0) is 9.59 Å². The van der Waals surface area contributed by atoms with E-state index in [1.165, 1.54) is 29.2 Å². The van der Waals surface area contributed by atoms with E-state index in [1.54, 1.807) is 18.2 Å². The van der Waals surface area contributed by atoms with Crippen molar-refractivity contribution in [3.8, 4) is 0 Å². The van der Waals surface area contributed by atoms with Crippen LogP contribution in [0.1, 0.15) is 15.9 Å². The van der Waals surface area contributed by atoms with Gasteiger partial charge in [-0.15, -0.1) is 0 Å². The Kier molecular flexibility index (Phi) is 5.38. The standard InChI is InChI=1S/C20H13BrN4O5S/c21-10-3-6-13-12(7-10)15(16-17(22)24-20(30)31-16)18(27)25(13)8-14(26)23-11-4-1-9(2-5-11)19(28)29/h1-7H,8H2,(H,23,26)(H,28,29)(H2,22,24,30)/b16-15+. The Bertz CT molecular complexity index is 1220. The van der Waals surface area contributed by atoms with Crippen molar-refractivity contribution >= 4 is 73.5 Å². The first-order valence-electron chi connectivity index (χ1n) is 8.80. The fourth-order valence-corrected chi connectivity index (χ4v) is 4.34. The van der Waals surface area contributed by atoms with Gasteiger partial charge in [0.15, 0.2) is 0 Å². The van der Waals surface area contributed by atoms with Crippen LogP contribution in [0.5, 0.6) is 0 Å². The van der Waals surface area contributed by atoms with Crippen molar-refractivity contribution in [3.63, 3.8) is 0 Å². The van der Waals surface area contributed by atoms with Crippen molar-refractivity contribution in [2.24, 2.45) is 10.7 Å². The third-order valence-corrected chi connectivity index (χ3v) is 5.93. The van der Waals surface area contributed by atoms with Crippen molar-refractivity contribution in [3.05, 3.63) is 63.0 Å². The Labute approximate surface area is 188 Å². The van der Waals surface area contributed by atoms with Crippen LogP contribution in [0, 0.1) is 0 Å². The van der Waals surface area contributed by atoms with E-state index in [0.717, 1.165) is 11.8 Å². The second-order valence-corrected chi connectivity index (χ2v) is 8.43. The van der Waals surface area contributed by atoms with E-state index in [2.05, 4.69) is 26.2 Å². The predicted molar refractivity (Wildman–Crippen MR) is 120 cm³/mol. The first-order chi connectivity index (χ1) is 14.7. The molecule has 0 saturated heterocycles. The Balaban J connectivity index is 1.62. The van der Waals surface area contributed by atoms with E-state index >= 15 is 0 Å². The minimum atomic E-state index is -1.07. The first-order valence-corrected chi connectivity index (χ1v) is 10.4. The Morgan fingerprint density at radius 1 is 1.16 bits per heavy atom. The Morgan fingerprint density at radius 3 is 2.48 bits per heavy atom. The van der Waals surface area contributed by atoms with E-state index in [0.29, 0.717) is 21.4 Å². The maximum atomic E-state index is 13.2. The van der Waals surface area contributed by atoms with Gasteiger partial charge >= 0.3 is 11.2 Å². The van der Waals surface area contributed by atoms with E-state index in [9.17, 15) is 19.2 Å². The molecular formula is C20H13BrN4O5S. The molecule has 11 heteroatoms. The second-order valence-electron chi connectivity index (χ2n) is 6.55. The zero-order valence-corrected chi connectivity index (χ0v) is 18.0. The predicted octanol–water partition coefficient (Wildman–Crippen LogP) is 3.07. The van der Waals surface area contributed by atoms with Crippen LogP contribution in [0.2, 0.25) is 0 Å². The highest BCUT2D eigenvalue weighted by molar-refractivity contribution is 9.10. The number of carboxylic acids is 1. The molecule has 0 aromatic heterocycles. The smallest absolute Gasteiger partial charge is 0.335 e. The van der Waals surface area contributed by atoms with Crippen molar-refractivity contribution in [2.75, 3.05) is 16.8 Å². The molecule has 31 heavy (non-hydrogen) atoms. The zero-order valence-electron chi connectivity index (χ0n) is 15.6. The van der Waals surface area contributed by atoms with Crippen molar-refractivity contribution in [2.45, 2.75) is 0 Å². The van der Waals surface area contributed by atoms with Crippen LogP contribution in [0.3, 0.4) is 0 Å². The number of amides is 3. The number of nitrogens with zero attached hydrogens (tertiary/aromatic N) is 2. The highest BCUT2D eigenvalue weighted by Gasteiger charge is 2.38. The number of carbonyl (C=O) groups is 4. The monoisotopic (exact) mass is 500 g/mol. The molecule has 4 rings (SSSR count). The van der Waals surface area contributed by atoms with Gasteiger partial charge in [-0.3, -0.25) is 19.3 Å². The number of aliphatic imine (C=N–C) groups is 1. The number of hydrogen-bond acceptors (Lipinski definition) is 6. The Hall–Kier alpha value is -3.44. The number of amidine groups is 1. The van der Waals surface area contributed by atoms with Gasteiger partial charge in [0.1, 0.15) is 12.4 Å². The molecular weight excluding hydrogens is 488 g/mol. The molecule has 0 atom stereocenters. The molecule has 0 saturated carbocycles. The molecule has 3 amide bonds. The highest BCUT2D eigenvalue weighted by Crippen LogP contribution is 2.43. The number of halogens is 1. The van der Waals surface area contributed by atoms with Gasteiger partial charge in [0.2, 0.25) is 5.91 Å². The number of thioether (sulfide) groups is 1. The number of nitrogens with one attached hydrogen (secondary N) is 1. The normalized spacial score (nSPS) is 17.6. The lowest BCUT2D eigenvalue weighted by atomic mass is 10.1. The largest absolute Gasteiger partial charge is 0.478 e. The topological polar surface area (TPSA) is 142 Å². The summed E-state index contributed by atoms with van der Waals surface area (Å²) < 4.78 is 0.715. The third kappa shape index (κ3) is 3.97. The van der Waals surface area contributed by atoms with Gasteiger partial charge in [0.05, 0.1) is 21.7 Å². The molecule has 9 nitrogen and oxygen atoms in total. The summed E-state index contributed by atoms with van der Waals surface area (Å²) >= 11 is 4.14. The molecule has 2 aromatic carbocycles. The minimum absolute atomic E-state index is 0.0332. The maximum absolute atomic E-state index is 13.2. The van der Waals surface area contributed by atoms with E-state index in [4.69, 9.17) is 10.8 Å². The van der Waals surface area contributed by atoms with Gasteiger partial charge in [-0.1, -0.05) is 15.9 Å². The average molecular weight is 501 g/mol. The summed E-state index contributed by atoms with van der Waals surface area (Å²) in [5.74, 6) is -2.06. The zero-order chi connectivity index (χ0) is 22.3. The van der Waals surface area contributed by atoms with E-state index in [1.807, 2.05) is 0 Å². The Morgan fingerprint density at radius 2 is 1.87 bits per heavy atom. The number of rotatable bonds is 4. The minimum Gasteiger partial charge on any atom is -0.478 e. The molecule has 2 heterocycles. The van der Waals surface area contributed by atoms with Crippen molar-refractivity contribution in [1.82, 2.24) is 0 Å². The molecule has 0 spiro atoms. The lowest BCUT2D eigenvalue weighted by molar-refractivity contribution is -0.118. The molecule has 0 unspecified atom stereocenters. The van der Waals surface area contributed by atoms with Gasteiger partial charge in [0.25, 0.3) is 5.91 Å². The molecule has 0 bridgehead atoms. The number of carboxylic acid groups (broad SMARTS) is 1. The molecule has 4 N–H and O–H groups in total. The number of nitrogens with two attached hydrogens (primary N) is 1. The summed E-state index contributed by atoms with van der Waals surface area (Å²) in [7, 11) is 0. The number of carbonyl (C=O) groups excluding carboxylic acids is 3. The average Bonchev–Trinajstić information content (AvgIpc) is 3.17. The van der Waals surface area contributed by atoms with Gasteiger partial charge in [-0.25, -0.2) is 4.79 Å². The van der Waals surface area contributed by atoms with E-state index < -0.39 is 23.0 Å². The van der Waals surface area contributed by atoms with Crippen molar-refractivity contribution in [1.29, 1.82) is 0 Å². The first kappa shape index (κ1) is 20.8. The van der Waals surface area contributed by atoms with Crippen LogP contribution in [0.25, 0.3) is 5.57 Å². The molecule has 156 valence electrons. The van der Waals surface area contributed by atoms with Gasteiger partial charge in [0, 0.05) is 15.7 Å². The number of hydrogen-bond donors (Lipinski definition) is 3. The van der Waals surface area contributed by atoms with Crippen LogP contribution in [0.15, 0.2) is 56.8 Å². The number of fused-ring (bicyclic) bond motifs is 1. The maximum Gasteiger partial charge on any atom is 0.335 e. The number of anilines is 2. The molecule has 2 aliphatic rings. The second kappa shape index (κ2) is 8.00. The number of aromatic carboxylic acids is 1. The fraction of sp³-hybridized carbons (Fsp3) is 0.0500. The summed E-state index contributed by atoms with van der Waals surface area (Å²) in [5.41, 5.74) is 7.57. The van der Waals surface area contributed by atoms with E-state index in [-0.39, 0.29) is 28.4 Å². The van der Waals surface area contributed by atoms with Gasteiger partial charge in [-0.2, -0.15) is 4.99 Å². The molecule has 0 fully saturated rings. The van der Waals surface area contributed by atoms with Crippen LogP contribution in [0.4, 0.5) is 16.2 Å². The summed E-state index contributed by atoms with van der Waals surface area (Å²) in [6.07, 6.45) is 0. The summed E-state index contributed by atoms with van der Waals surface area (Å²) in [4.78, 5) is 53.6.